The zero-order valence-electron chi connectivity index (χ0n) is 18.1. The average Bonchev–Trinajstić information content (AvgIpc) is 2.80. The van der Waals surface area contributed by atoms with Crippen LogP contribution >= 0.6 is 0 Å². The second-order valence-corrected chi connectivity index (χ2v) is 7.93. The van der Waals surface area contributed by atoms with E-state index in [1.54, 1.807) is 26.0 Å². The Labute approximate surface area is 179 Å². The minimum Gasteiger partial charge on any atom is -0.381 e. The molecule has 0 atom stereocenters. The molecule has 1 aliphatic heterocycles. The molecule has 3 rings (SSSR count). The number of amides is 1. The summed E-state index contributed by atoms with van der Waals surface area (Å²) in [6.07, 6.45) is 1.98. The quantitative estimate of drug-likeness (QED) is 0.570. The van der Waals surface area contributed by atoms with Crippen LogP contribution in [0.2, 0.25) is 0 Å². The lowest BCUT2D eigenvalue weighted by Gasteiger charge is -2.38. The molecule has 1 heterocycles. The topological polar surface area (TPSA) is 66.0 Å². The molecule has 6 nitrogen and oxygen atoms in total. The van der Waals surface area contributed by atoms with Crippen molar-refractivity contribution in [2.75, 3.05) is 40.9 Å². The van der Waals surface area contributed by atoms with Crippen LogP contribution in [0.15, 0.2) is 59.6 Å². The van der Waals surface area contributed by atoms with Crippen LogP contribution in [0.4, 0.5) is 0 Å². The second kappa shape index (κ2) is 10.3. The van der Waals surface area contributed by atoms with Gasteiger partial charge in [-0.15, -0.1) is 0 Å². The van der Waals surface area contributed by atoms with Crippen molar-refractivity contribution in [3.05, 3.63) is 71.3 Å². The summed E-state index contributed by atoms with van der Waals surface area (Å²) in [6, 6.07) is 18.3. The number of nitrogens with one attached hydrogen (secondary N) is 2. The third-order valence-electron chi connectivity index (χ3n) is 5.72. The lowest BCUT2D eigenvalue weighted by atomic mass is 9.74. The summed E-state index contributed by atoms with van der Waals surface area (Å²) in [5.41, 5.74) is 3.18. The summed E-state index contributed by atoms with van der Waals surface area (Å²) in [5, 5.41) is 6.89. The van der Waals surface area contributed by atoms with Gasteiger partial charge >= 0.3 is 0 Å². The fraction of sp³-hybridized carbons (Fsp3) is 0.417. The van der Waals surface area contributed by atoms with E-state index in [2.05, 4.69) is 46.0 Å². The van der Waals surface area contributed by atoms with Crippen molar-refractivity contribution in [1.82, 2.24) is 15.5 Å². The number of ether oxygens (including phenoxy) is 1. The van der Waals surface area contributed by atoms with Gasteiger partial charge in [-0.1, -0.05) is 42.5 Å². The molecule has 1 amide bonds. The minimum absolute atomic E-state index is 0.00894. The number of benzene rings is 2. The van der Waals surface area contributed by atoms with Gasteiger partial charge < -0.3 is 20.3 Å². The Kier molecular flexibility index (Phi) is 7.46. The van der Waals surface area contributed by atoms with Gasteiger partial charge in [0.05, 0.1) is 0 Å². The van der Waals surface area contributed by atoms with E-state index in [-0.39, 0.29) is 11.3 Å². The van der Waals surface area contributed by atoms with E-state index < -0.39 is 0 Å². The molecule has 6 heteroatoms. The molecule has 2 N–H and O–H groups in total. The van der Waals surface area contributed by atoms with Crippen molar-refractivity contribution in [1.29, 1.82) is 0 Å². The molecule has 1 saturated heterocycles. The lowest BCUT2D eigenvalue weighted by molar-refractivity contribution is 0.0514. The number of rotatable bonds is 6. The van der Waals surface area contributed by atoms with E-state index in [9.17, 15) is 4.79 Å². The van der Waals surface area contributed by atoms with Gasteiger partial charge in [-0.3, -0.25) is 9.79 Å². The smallest absolute Gasteiger partial charge is 0.253 e. The molecule has 0 saturated carbocycles. The van der Waals surface area contributed by atoms with Crippen LogP contribution in [0.25, 0.3) is 0 Å². The average molecular weight is 409 g/mol. The summed E-state index contributed by atoms with van der Waals surface area (Å²) in [6.45, 7) is 3.00. The molecule has 2 aromatic carbocycles. The maximum atomic E-state index is 12.0. The third kappa shape index (κ3) is 5.39. The van der Waals surface area contributed by atoms with Crippen LogP contribution in [0.1, 0.15) is 34.3 Å². The van der Waals surface area contributed by atoms with Crippen LogP contribution < -0.4 is 10.6 Å². The summed E-state index contributed by atoms with van der Waals surface area (Å²) in [5.74, 6) is 0.778. The molecule has 30 heavy (non-hydrogen) atoms. The first kappa shape index (κ1) is 21.8. The highest BCUT2D eigenvalue weighted by Gasteiger charge is 2.34. The standard InChI is InChI=1S/C24H32N4O2/c1-25-23(26-17-19-9-11-20(12-10-19)22(29)28(2)3)27-18-24(13-15-30-16-14-24)21-7-5-4-6-8-21/h4-12H,13-18H2,1-3H3,(H2,25,26,27). The van der Waals surface area contributed by atoms with Crippen molar-refractivity contribution in [3.8, 4) is 0 Å². The second-order valence-electron chi connectivity index (χ2n) is 7.93. The molecule has 0 radical (unpaired) electrons. The molecule has 0 aromatic heterocycles. The van der Waals surface area contributed by atoms with E-state index in [0.717, 1.165) is 44.1 Å². The van der Waals surface area contributed by atoms with E-state index >= 15 is 0 Å². The summed E-state index contributed by atoms with van der Waals surface area (Å²) in [4.78, 5) is 18.0. The molecule has 1 fully saturated rings. The van der Waals surface area contributed by atoms with Gasteiger partial charge in [-0.2, -0.15) is 0 Å². The van der Waals surface area contributed by atoms with E-state index in [4.69, 9.17) is 4.74 Å². The third-order valence-corrected chi connectivity index (χ3v) is 5.72. The van der Waals surface area contributed by atoms with Crippen molar-refractivity contribution in [2.45, 2.75) is 24.8 Å². The van der Waals surface area contributed by atoms with Crippen molar-refractivity contribution in [3.63, 3.8) is 0 Å². The van der Waals surface area contributed by atoms with Crippen LogP contribution in [0.3, 0.4) is 0 Å². The number of hydrogen-bond acceptors (Lipinski definition) is 3. The number of nitrogens with zero attached hydrogens (tertiary/aromatic N) is 2. The van der Waals surface area contributed by atoms with Gasteiger partial charge in [0.25, 0.3) is 5.91 Å². The number of guanidine groups is 1. The highest BCUT2D eigenvalue weighted by molar-refractivity contribution is 5.93. The Morgan fingerprint density at radius 1 is 1.03 bits per heavy atom. The Morgan fingerprint density at radius 2 is 1.70 bits per heavy atom. The number of aliphatic imine (C=N–C) groups is 1. The van der Waals surface area contributed by atoms with Gasteiger partial charge in [0, 0.05) is 58.4 Å². The largest absolute Gasteiger partial charge is 0.381 e. The summed E-state index contributed by atoms with van der Waals surface area (Å²) >= 11 is 0. The van der Waals surface area contributed by atoms with Gasteiger partial charge in [0.1, 0.15) is 0 Å². The van der Waals surface area contributed by atoms with Crippen molar-refractivity contribution < 1.29 is 9.53 Å². The predicted molar refractivity (Wildman–Crippen MR) is 121 cm³/mol. The van der Waals surface area contributed by atoms with E-state index in [0.29, 0.717) is 12.1 Å². The predicted octanol–water partition coefficient (Wildman–Crippen LogP) is 2.80. The maximum Gasteiger partial charge on any atom is 0.253 e. The number of carbonyl (C=O) groups excluding carboxylic acids is 1. The van der Waals surface area contributed by atoms with Crippen LogP contribution in [-0.4, -0.2) is 57.7 Å². The van der Waals surface area contributed by atoms with Gasteiger partial charge in [0.2, 0.25) is 0 Å². The van der Waals surface area contributed by atoms with Gasteiger partial charge in [0.15, 0.2) is 5.96 Å². The Morgan fingerprint density at radius 3 is 2.30 bits per heavy atom. The zero-order chi connectivity index (χ0) is 21.4. The molecule has 0 aliphatic carbocycles. The first-order chi connectivity index (χ1) is 14.5. The SMILES string of the molecule is CN=C(NCc1ccc(C(=O)N(C)C)cc1)NCC1(c2ccccc2)CCOCC1. The number of carbonyl (C=O) groups is 1. The molecular weight excluding hydrogens is 376 g/mol. The van der Waals surface area contributed by atoms with E-state index in [1.807, 2.05) is 24.3 Å². The maximum absolute atomic E-state index is 12.0. The molecule has 0 unspecified atom stereocenters. The molecule has 160 valence electrons. The first-order valence-corrected chi connectivity index (χ1v) is 10.4. The fourth-order valence-electron chi connectivity index (χ4n) is 3.80. The molecular formula is C24H32N4O2. The highest BCUT2D eigenvalue weighted by Crippen LogP contribution is 2.34. The van der Waals surface area contributed by atoms with Gasteiger partial charge in [-0.25, -0.2) is 0 Å². The molecule has 0 spiro atoms. The van der Waals surface area contributed by atoms with Crippen LogP contribution in [0, 0.1) is 0 Å². The Hall–Kier alpha value is -2.86. The fourth-order valence-corrected chi connectivity index (χ4v) is 3.80. The molecule has 0 bridgehead atoms. The Bertz CT molecular complexity index is 841. The highest BCUT2D eigenvalue weighted by atomic mass is 16.5. The number of hydrogen-bond donors (Lipinski definition) is 2. The van der Waals surface area contributed by atoms with Gasteiger partial charge in [-0.05, 0) is 36.1 Å². The van der Waals surface area contributed by atoms with Crippen LogP contribution in [0.5, 0.6) is 0 Å². The monoisotopic (exact) mass is 408 g/mol. The van der Waals surface area contributed by atoms with Crippen molar-refractivity contribution >= 4 is 11.9 Å². The summed E-state index contributed by atoms with van der Waals surface area (Å²) in [7, 11) is 5.30. The molecule has 1 aliphatic rings. The molecule has 2 aromatic rings. The zero-order valence-corrected chi connectivity index (χ0v) is 18.1. The van der Waals surface area contributed by atoms with E-state index in [1.165, 1.54) is 5.56 Å². The Balaban J connectivity index is 1.59. The normalized spacial score (nSPS) is 16.0. The van der Waals surface area contributed by atoms with Crippen molar-refractivity contribution in [2.24, 2.45) is 4.99 Å². The minimum atomic E-state index is 0.00894. The summed E-state index contributed by atoms with van der Waals surface area (Å²) < 4.78 is 5.63. The first-order valence-electron chi connectivity index (χ1n) is 10.4. The lowest BCUT2D eigenvalue weighted by Crippen LogP contribution is -2.47. The van der Waals surface area contributed by atoms with Crippen LogP contribution in [-0.2, 0) is 16.7 Å².